The smallest absolute Gasteiger partial charge is 0.325 e. The maximum Gasteiger partial charge on any atom is 0.325 e. The molecule has 14 heteroatoms. The summed E-state index contributed by atoms with van der Waals surface area (Å²) in [6.45, 7) is 14.4. The molecule has 0 spiro atoms. The predicted molar refractivity (Wildman–Crippen MR) is 172 cm³/mol. The lowest BCUT2D eigenvalue weighted by Crippen LogP contribution is -2.53. The highest BCUT2D eigenvalue weighted by molar-refractivity contribution is 8.14. The summed E-state index contributed by atoms with van der Waals surface area (Å²) in [6.07, 6.45) is 2.21. The predicted octanol–water partition coefficient (Wildman–Crippen LogP) is 1.53. The second-order valence-corrected chi connectivity index (χ2v) is 13.9. The van der Waals surface area contributed by atoms with Gasteiger partial charge < -0.3 is 30.9 Å². The summed E-state index contributed by atoms with van der Waals surface area (Å²) in [6, 6.07) is -2.45. The van der Waals surface area contributed by atoms with Crippen LogP contribution in [-0.2, 0) is 38.3 Å². The molecule has 3 unspecified atom stereocenters. The molecule has 1 rings (SSSR count). The third-order valence-corrected chi connectivity index (χ3v) is 8.11. The van der Waals surface area contributed by atoms with Crippen LogP contribution >= 0.6 is 11.8 Å². The number of likely N-dealkylation sites (tertiary alicyclic amines) is 1. The standard InChI is InChI=1S/C31H53N5O8S/c1-9-44-26(38)16-32-28(40)23(14-19(4)5)35-31(43)25(15-20(6)7)45-27(39)17-33-29(41)22(13-18(2)3)34-30(42)24-11-10-12-36(24)21(8)37/h18-20,22-25H,9-17H2,1-8H3,(H,32,40)(H,33,41)(H,34,42)(H,35,43)/t22?,23-,24?,25?/m0/s1. The molecule has 13 nitrogen and oxygen atoms in total. The molecule has 0 aromatic heterocycles. The van der Waals surface area contributed by atoms with Gasteiger partial charge in [-0.1, -0.05) is 53.3 Å². The summed E-state index contributed by atoms with van der Waals surface area (Å²) in [7, 11) is 0. The maximum atomic E-state index is 13.3. The topological polar surface area (TPSA) is 180 Å². The number of nitrogens with zero attached hydrogens (tertiary/aromatic N) is 1. The number of amides is 5. The zero-order valence-electron chi connectivity index (χ0n) is 28.0. The minimum absolute atomic E-state index is 0.0487. The number of nitrogens with one attached hydrogen (secondary N) is 4. The van der Waals surface area contributed by atoms with E-state index in [1.165, 1.54) is 11.8 Å². The van der Waals surface area contributed by atoms with Crippen molar-refractivity contribution in [2.24, 2.45) is 17.8 Å². The first-order valence-electron chi connectivity index (χ1n) is 15.8. The van der Waals surface area contributed by atoms with Gasteiger partial charge in [0.1, 0.15) is 24.7 Å². The molecule has 5 amide bonds. The number of hydrogen-bond donors (Lipinski definition) is 4. The molecule has 1 aliphatic rings. The molecular formula is C31H53N5O8S. The largest absolute Gasteiger partial charge is 0.465 e. The Bertz CT molecular complexity index is 1050. The van der Waals surface area contributed by atoms with Crippen molar-refractivity contribution < 1.29 is 38.3 Å². The Kier molecular flexibility index (Phi) is 17.8. The van der Waals surface area contributed by atoms with Gasteiger partial charge in [0.25, 0.3) is 0 Å². The molecule has 1 saturated heterocycles. The lowest BCUT2D eigenvalue weighted by molar-refractivity contribution is -0.143. The van der Waals surface area contributed by atoms with Gasteiger partial charge in [0.05, 0.1) is 18.4 Å². The van der Waals surface area contributed by atoms with Gasteiger partial charge in [-0.3, -0.25) is 33.6 Å². The van der Waals surface area contributed by atoms with Gasteiger partial charge in [-0.25, -0.2) is 0 Å². The summed E-state index contributed by atoms with van der Waals surface area (Å²) in [4.78, 5) is 90.3. The Morgan fingerprint density at radius 1 is 0.778 bits per heavy atom. The number of rotatable bonds is 18. The number of esters is 1. The van der Waals surface area contributed by atoms with E-state index in [1.807, 2.05) is 41.5 Å². The van der Waals surface area contributed by atoms with Crippen molar-refractivity contribution in [1.29, 1.82) is 0 Å². The van der Waals surface area contributed by atoms with Crippen LogP contribution in [0, 0.1) is 17.8 Å². The molecule has 4 N–H and O–H groups in total. The molecule has 0 aromatic rings. The van der Waals surface area contributed by atoms with E-state index in [2.05, 4.69) is 21.3 Å². The molecule has 256 valence electrons. The van der Waals surface area contributed by atoms with E-state index in [0.29, 0.717) is 38.6 Å². The lowest BCUT2D eigenvalue weighted by atomic mass is 10.0. The normalized spacial score (nSPS) is 16.6. The van der Waals surface area contributed by atoms with Crippen LogP contribution in [0.2, 0.25) is 0 Å². The molecule has 0 aliphatic carbocycles. The van der Waals surface area contributed by atoms with Crippen molar-refractivity contribution in [1.82, 2.24) is 26.2 Å². The van der Waals surface area contributed by atoms with Crippen molar-refractivity contribution in [2.45, 2.75) is 111 Å². The summed E-state index contributed by atoms with van der Waals surface area (Å²) < 4.78 is 4.84. The van der Waals surface area contributed by atoms with Crippen LogP contribution in [-0.4, -0.2) is 95.1 Å². The second kappa shape index (κ2) is 20.1. The van der Waals surface area contributed by atoms with E-state index < -0.39 is 58.1 Å². The van der Waals surface area contributed by atoms with Gasteiger partial charge in [-0.2, -0.15) is 0 Å². The zero-order valence-corrected chi connectivity index (χ0v) is 28.8. The lowest BCUT2D eigenvalue weighted by Gasteiger charge is -2.26. The molecule has 0 aromatic carbocycles. The quantitative estimate of drug-likeness (QED) is 0.159. The van der Waals surface area contributed by atoms with Crippen molar-refractivity contribution >= 4 is 52.4 Å². The first kappa shape index (κ1) is 39.9. The van der Waals surface area contributed by atoms with Crippen LogP contribution in [0.1, 0.15) is 87.5 Å². The molecular weight excluding hydrogens is 602 g/mol. The Labute approximate surface area is 271 Å². The molecule has 4 atom stereocenters. The SMILES string of the molecule is CCOC(=O)CNC(=O)[C@H](CC(C)C)NC(=O)C(CC(C)C)SC(=O)CNC(=O)C(CC(C)C)NC(=O)C1CCCN1C(C)=O. The average molecular weight is 656 g/mol. The third kappa shape index (κ3) is 15.1. The molecule has 1 fully saturated rings. The summed E-state index contributed by atoms with van der Waals surface area (Å²) in [5.74, 6) is -2.59. The van der Waals surface area contributed by atoms with E-state index in [-0.39, 0.29) is 43.4 Å². The summed E-state index contributed by atoms with van der Waals surface area (Å²) in [5, 5.41) is 9.31. The number of hydrogen-bond acceptors (Lipinski definition) is 9. The third-order valence-electron chi connectivity index (χ3n) is 7.01. The fourth-order valence-corrected chi connectivity index (χ4v) is 6.10. The highest BCUT2D eigenvalue weighted by Crippen LogP contribution is 2.22. The molecule has 0 saturated carbocycles. The van der Waals surface area contributed by atoms with E-state index in [9.17, 15) is 33.6 Å². The van der Waals surface area contributed by atoms with Gasteiger partial charge >= 0.3 is 5.97 Å². The first-order valence-corrected chi connectivity index (χ1v) is 16.7. The van der Waals surface area contributed by atoms with Gasteiger partial charge in [0.2, 0.25) is 34.7 Å². The second-order valence-electron chi connectivity index (χ2n) is 12.6. The van der Waals surface area contributed by atoms with Crippen molar-refractivity contribution in [3.8, 4) is 0 Å². The molecule has 45 heavy (non-hydrogen) atoms. The van der Waals surface area contributed by atoms with E-state index in [0.717, 1.165) is 11.8 Å². The maximum absolute atomic E-state index is 13.3. The number of carbonyl (C=O) groups is 7. The molecule has 1 aliphatic heterocycles. The number of carbonyl (C=O) groups excluding carboxylic acids is 7. The fraction of sp³-hybridized carbons (Fsp3) is 0.774. The van der Waals surface area contributed by atoms with Crippen LogP contribution in [0.25, 0.3) is 0 Å². The number of thioether (sulfide) groups is 1. The first-order chi connectivity index (χ1) is 21.0. The highest BCUT2D eigenvalue weighted by Gasteiger charge is 2.35. The van der Waals surface area contributed by atoms with Crippen LogP contribution < -0.4 is 21.3 Å². The Balaban J connectivity index is 2.88. The van der Waals surface area contributed by atoms with E-state index in [4.69, 9.17) is 4.74 Å². The van der Waals surface area contributed by atoms with Gasteiger partial charge in [0.15, 0.2) is 0 Å². The van der Waals surface area contributed by atoms with Crippen LogP contribution in [0.3, 0.4) is 0 Å². The van der Waals surface area contributed by atoms with Crippen LogP contribution in [0.5, 0.6) is 0 Å². The van der Waals surface area contributed by atoms with Crippen LogP contribution in [0.4, 0.5) is 0 Å². The van der Waals surface area contributed by atoms with Gasteiger partial charge in [-0.15, -0.1) is 0 Å². The van der Waals surface area contributed by atoms with Gasteiger partial charge in [-0.05, 0) is 56.8 Å². The summed E-state index contributed by atoms with van der Waals surface area (Å²) in [5.41, 5.74) is 0. The van der Waals surface area contributed by atoms with Crippen molar-refractivity contribution in [3.63, 3.8) is 0 Å². The van der Waals surface area contributed by atoms with E-state index >= 15 is 0 Å². The minimum atomic E-state index is -0.920. The Hall–Kier alpha value is -3.16. The van der Waals surface area contributed by atoms with Crippen LogP contribution in [0.15, 0.2) is 0 Å². The van der Waals surface area contributed by atoms with E-state index in [1.54, 1.807) is 6.92 Å². The Morgan fingerprint density at radius 2 is 1.31 bits per heavy atom. The zero-order chi connectivity index (χ0) is 34.3. The number of ether oxygens (including phenoxy) is 1. The van der Waals surface area contributed by atoms with Crippen molar-refractivity contribution in [2.75, 3.05) is 26.2 Å². The molecule has 0 bridgehead atoms. The molecule has 1 heterocycles. The monoisotopic (exact) mass is 655 g/mol. The molecule has 0 radical (unpaired) electrons. The Morgan fingerprint density at radius 3 is 1.82 bits per heavy atom. The van der Waals surface area contributed by atoms with Gasteiger partial charge in [0, 0.05) is 13.5 Å². The fourth-order valence-electron chi connectivity index (χ4n) is 4.97. The average Bonchev–Trinajstić information content (AvgIpc) is 3.44. The van der Waals surface area contributed by atoms with Crippen molar-refractivity contribution in [3.05, 3.63) is 0 Å². The summed E-state index contributed by atoms with van der Waals surface area (Å²) >= 11 is 0.781. The minimum Gasteiger partial charge on any atom is -0.465 e. The highest BCUT2D eigenvalue weighted by atomic mass is 32.2.